The molecule has 0 bridgehead atoms. The van der Waals surface area contributed by atoms with Crippen molar-refractivity contribution in [1.82, 2.24) is 25.4 Å². The molecule has 1 saturated heterocycles. The molecule has 0 aliphatic carbocycles. The summed E-state index contributed by atoms with van der Waals surface area (Å²) in [6.45, 7) is 15.3. The van der Waals surface area contributed by atoms with Gasteiger partial charge in [-0.3, -0.25) is 24.3 Å². The number of nitrogens with one attached hydrogen (secondary N) is 2. The first-order valence-corrected chi connectivity index (χ1v) is 13.6. The van der Waals surface area contributed by atoms with Crippen LogP contribution in [-0.2, 0) is 20.9 Å². The Kier molecular flexibility index (Phi) is 11.8. The molecule has 1 aromatic rings. The van der Waals surface area contributed by atoms with Crippen molar-refractivity contribution in [2.75, 3.05) is 13.6 Å². The second kappa shape index (κ2) is 14.3. The summed E-state index contributed by atoms with van der Waals surface area (Å²) in [5.41, 5.74) is 1.51. The molecule has 0 saturated carbocycles. The lowest BCUT2D eigenvalue weighted by Gasteiger charge is -2.39. The van der Waals surface area contributed by atoms with Gasteiger partial charge in [-0.15, -0.1) is 0 Å². The minimum Gasteiger partial charge on any atom is -0.348 e. The molecule has 2 heterocycles. The van der Waals surface area contributed by atoms with E-state index in [9.17, 15) is 14.4 Å². The molecule has 206 valence electrons. The maximum absolute atomic E-state index is 13.7. The van der Waals surface area contributed by atoms with Crippen molar-refractivity contribution >= 4 is 17.7 Å². The van der Waals surface area contributed by atoms with E-state index in [-0.39, 0.29) is 47.7 Å². The molecule has 1 fully saturated rings. The predicted molar refractivity (Wildman–Crippen MR) is 147 cm³/mol. The van der Waals surface area contributed by atoms with Crippen LogP contribution in [0.4, 0.5) is 0 Å². The minimum atomic E-state index is -0.635. The maximum atomic E-state index is 13.7. The molecule has 3 amide bonds. The number of nitrogens with zero attached hydrogens (tertiary/aromatic N) is 3. The third-order valence-corrected chi connectivity index (χ3v) is 7.20. The molecule has 8 nitrogen and oxygen atoms in total. The molecule has 0 spiro atoms. The summed E-state index contributed by atoms with van der Waals surface area (Å²) < 4.78 is 0. The highest BCUT2D eigenvalue weighted by molar-refractivity contribution is 5.93. The normalized spacial score (nSPS) is 18.6. The monoisotopic (exact) mass is 513 g/mol. The molecule has 3 atom stereocenters. The SMILES string of the molecule is C/C(=C\[C@H](C(C)C)N(C)C(=O)C(NC(=O)[C@H]1CCCCN1C(C)C)C(C)C)C(=O)NCc1ccncc1. The van der Waals surface area contributed by atoms with Crippen LogP contribution in [-0.4, -0.2) is 70.3 Å². The minimum absolute atomic E-state index is 0.0721. The number of carbonyl (C=O) groups excluding carboxylic acids is 3. The summed E-state index contributed by atoms with van der Waals surface area (Å²) in [6, 6.07) is 2.85. The van der Waals surface area contributed by atoms with E-state index in [0.717, 1.165) is 31.4 Å². The van der Waals surface area contributed by atoms with Gasteiger partial charge in [0.1, 0.15) is 6.04 Å². The van der Waals surface area contributed by atoms with Crippen LogP contribution in [0, 0.1) is 11.8 Å². The van der Waals surface area contributed by atoms with Crippen LogP contribution in [0.2, 0.25) is 0 Å². The number of likely N-dealkylation sites (N-methyl/N-ethyl adjacent to an activating group) is 1. The Labute approximate surface area is 223 Å². The Bertz CT molecular complexity index is 929. The van der Waals surface area contributed by atoms with Crippen molar-refractivity contribution in [3.8, 4) is 0 Å². The number of likely N-dealkylation sites (tertiary alicyclic amines) is 1. The van der Waals surface area contributed by atoms with E-state index in [2.05, 4.69) is 34.4 Å². The largest absolute Gasteiger partial charge is 0.348 e. The lowest BCUT2D eigenvalue weighted by molar-refractivity contribution is -0.140. The zero-order valence-electron chi connectivity index (χ0n) is 24.0. The predicted octanol–water partition coefficient (Wildman–Crippen LogP) is 3.53. The van der Waals surface area contributed by atoms with Crippen LogP contribution in [0.5, 0.6) is 0 Å². The van der Waals surface area contributed by atoms with Crippen LogP contribution in [0.15, 0.2) is 36.2 Å². The number of pyridine rings is 1. The lowest BCUT2D eigenvalue weighted by atomic mass is 9.95. The van der Waals surface area contributed by atoms with Gasteiger partial charge >= 0.3 is 0 Å². The van der Waals surface area contributed by atoms with Crippen molar-refractivity contribution in [3.05, 3.63) is 41.7 Å². The smallest absolute Gasteiger partial charge is 0.246 e. The van der Waals surface area contributed by atoms with Gasteiger partial charge in [-0.1, -0.05) is 40.2 Å². The van der Waals surface area contributed by atoms with Gasteiger partial charge in [-0.25, -0.2) is 0 Å². The highest BCUT2D eigenvalue weighted by Crippen LogP contribution is 2.21. The third-order valence-electron chi connectivity index (χ3n) is 7.20. The van der Waals surface area contributed by atoms with Gasteiger partial charge < -0.3 is 15.5 Å². The maximum Gasteiger partial charge on any atom is 0.246 e. The quantitative estimate of drug-likeness (QED) is 0.442. The molecule has 0 aromatic carbocycles. The van der Waals surface area contributed by atoms with Gasteiger partial charge in [-0.2, -0.15) is 0 Å². The average Bonchev–Trinajstić information content (AvgIpc) is 2.87. The fourth-order valence-corrected chi connectivity index (χ4v) is 4.89. The second-order valence-corrected chi connectivity index (χ2v) is 11.1. The average molecular weight is 514 g/mol. The number of rotatable bonds is 11. The fourth-order valence-electron chi connectivity index (χ4n) is 4.89. The van der Waals surface area contributed by atoms with Crippen LogP contribution in [0.1, 0.15) is 73.3 Å². The summed E-state index contributed by atoms with van der Waals surface area (Å²) in [7, 11) is 1.76. The first kappa shape index (κ1) is 30.5. The highest BCUT2D eigenvalue weighted by Gasteiger charge is 2.36. The van der Waals surface area contributed by atoms with Gasteiger partial charge in [0.05, 0.1) is 12.1 Å². The van der Waals surface area contributed by atoms with Gasteiger partial charge in [0.15, 0.2) is 0 Å². The Morgan fingerprint density at radius 2 is 1.73 bits per heavy atom. The van der Waals surface area contributed by atoms with E-state index in [1.165, 1.54) is 0 Å². The van der Waals surface area contributed by atoms with Gasteiger partial charge in [-0.05, 0) is 69.7 Å². The standard InChI is InChI=1S/C29H47N5O3/c1-19(2)25(17-22(7)27(35)31-18-23-12-14-30-15-13-23)33(8)29(37)26(20(3)4)32-28(36)24-11-9-10-16-34(24)21(5)6/h12-15,17,19-21,24-26H,9-11,16,18H2,1-8H3,(H,31,35)(H,32,36)/b22-17+/t24-,25-,26?/m1/s1. The van der Waals surface area contributed by atoms with Gasteiger partial charge in [0.25, 0.3) is 0 Å². The fraction of sp³-hybridized carbons (Fsp3) is 0.655. The Hall–Kier alpha value is -2.74. The number of hydrogen-bond donors (Lipinski definition) is 2. The van der Waals surface area contributed by atoms with Crippen LogP contribution in [0.3, 0.4) is 0 Å². The number of aromatic nitrogens is 1. The van der Waals surface area contributed by atoms with Crippen LogP contribution in [0.25, 0.3) is 0 Å². The third kappa shape index (κ3) is 8.66. The number of piperidine rings is 1. The summed E-state index contributed by atoms with van der Waals surface area (Å²) in [5.74, 6) is -0.387. The van der Waals surface area contributed by atoms with Gasteiger partial charge in [0, 0.05) is 37.6 Å². The van der Waals surface area contributed by atoms with E-state index in [4.69, 9.17) is 0 Å². The summed E-state index contributed by atoms with van der Waals surface area (Å²) in [5, 5.41) is 6.01. The van der Waals surface area contributed by atoms with E-state index >= 15 is 0 Å². The van der Waals surface area contributed by atoms with Crippen molar-refractivity contribution in [2.24, 2.45) is 11.8 Å². The first-order valence-electron chi connectivity index (χ1n) is 13.6. The first-order chi connectivity index (χ1) is 17.4. The van der Waals surface area contributed by atoms with Gasteiger partial charge in [0.2, 0.25) is 17.7 Å². The lowest BCUT2D eigenvalue weighted by Crippen LogP contribution is -2.58. The summed E-state index contributed by atoms with van der Waals surface area (Å²) in [4.78, 5) is 47.7. The van der Waals surface area contributed by atoms with Crippen molar-refractivity contribution < 1.29 is 14.4 Å². The van der Waals surface area contributed by atoms with E-state index < -0.39 is 6.04 Å². The molecule has 1 aromatic heterocycles. The van der Waals surface area contributed by atoms with E-state index in [0.29, 0.717) is 12.1 Å². The molecule has 37 heavy (non-hydrogen) atoms. The molecule has 0 radical (unpaired) electrons. The van der Waals surface area contributed by atoms with Crippen LogP contribution < -0.4 is 10.6 Å². The molecule has 8 heteroatoms. The Balaban J connectivity index is 2.13. The Morgan fingerprint density at radius 1 is 1.08 bits per heavy atom. The van der Waals surface area contributed by atoms with Crippen molar-refractivity contribution in [2.45, 2.75) is 98.4 Å². The van der Waals surface area contributed by atoms with E-state index in [1.54, 1.807) is 31.3 Å². The van der Waals surface area contributed by atoms with Crippen LogP contribution >= 0.6 is 0 Å². The zero-order chi connectivity index (χ0) is 27.7. The number of carbonyl (C=O) groups is 3. The summed E-state index contributed by atoms with van der Waals surface area (Å²) >= 11 is 0. The molecule has 2 rings (SSSR count). The second-order valence-electron chi connectivity index (χ2n) is 11.1. The molecule has 1 aliphatic heterocycles. The highest BCUT2D eigenvalue weighted by atomic mass is 16.2. The zero-order valence-corrected chi connectivity index (χ0v) is 24.0. The molecule has 1 aliphatic rings. The van der Waals surface area contributed by atoms with Crippen molar-refractivity contribution in [1.29, 1.82) is 0 Å². The molecule has 2 N–H and O–H groups in total. The molecule has 1 unspecified atom stereocenters. The summed E-state index contributed by atoms with van der Waals surface area (Å²) in [6.07, 6.45) is 8.16. The molecular formula is C29H47N5O3. The topological polar surface area (TPSA) is 94.6 Å². The number of hydrogen-bond acceptors (Lipinski definition) is 5. The Morgan fingerprint density at radius 3 is 2.30 bits per heavy atom. The molecular weight excluding hydrogens is 466 g/mol. The van der Waals surface area contributed by atoms with E-state index in [1.807, 2.05) is 45.9 Å². The van der Waals surface area contributed by atoms with Crippen molar-refractivity contribution in [3.63, 3.8) is 0 Å². The number of amides is 3.